The number of H-pyrrole nitrogens is 1. The van der Waals surface area contributed by atoms with Crippen molar-refractivity contribution in [2.24, 2.45) is 0 Å². The third-order valence-corrected chi connectivity index (χ3v) is 5.17. The summed E-state index contributed by atoms with van der Waals surface area (Å²) in [4.78, 5) is 19.2. The average molecular weight is 371 g/mol. The van der Waals surface area contributed by atoms with Gasteiger partial charge in [-0.15, -0.1) is 0 Å². The summed E-state index contributed by atoms with van der Waals surface area (Å²) in [5.41, 5.74) is 4.30. The fourth-order valence-electron chi connectivity index (χ4n) is 3.70. The van der Waals surface area contributed by atoms with Crippen molar-refractivity contribution in [3.05, 3.63) is 78.6 Å². The molecule has 1 N–H and O–H groups in total. The van der Waals surface area contributed by atoms with Crippen LogP contribution >= 0.6 is 0 Å². The predicted octanol–water partition coefficient (Wildman–Crippen LogP) is 3.59. The number of aromatic nitrogens is 4. The van der Waals surface area contributed by atoms with Crippen molar-refractivity contribution in [1.82, 2.24) is 24.8 Å². The van der Waals surface area contributed by atoms with Crippen LogP contribution in [0.3, 0.4) is 0 Å². The molecule has 4 heterocycles. The van der Waals surface area contributed by atoms with Gasteiger partial charge in [0.25, 0.3) is 0 Å². The Bertz CT molecular complexity index is 1080. The van der Waals surface area contributed by atoms with Crippen molar-refractivity contribution in [3.63, 3.8) is 0 Å². The number of aromatic amines is 1. The molecular formula is C22H21N5O. The molecule has 0 amide bonds. The molecule has 0 bridgehead atoms. The summed E-state index contributed by atoms with van der Waals surface area (Å²) in [5, 5.41) is 1.17. The van der Waals surface area contributed by atoms with Crippen molar-refractivity contribution in [3.8, 4) is 11.3 Å². The van der Waals surface area contributed by atoms with E-state index in [2.05, 4.69) is 43.0 Å². The first-order valence-corrected chi connectivity index (χ1v) is 9.47. The highest BCUT2D eigenvalue weighted by atomic mass is 16.5. The molecule has 1 aromatic carbocycles. The highest BCUT2D eigenvalue weighted by molar-refractivity contribution is 5.78. The summed E-state index contributed by atoms with van der Waals surface area (Å²) in [6.07, 6.45) is 7.44. The molecule has 0 saturated carbocycles. The molecule has 4 aromatic rings. The minimum Gasteiger partial charge on any atom is -0.378 e. The van der Waals surface area contributed by atoms with Crippen molar-refractivity contribution in [2.75, 3.05) is 19.8 Å². The molecule has 1 saturated heterocycles. The number of fused-ring (bicyclic) bond motifs is 1. The zero-order chi connectivity index (χ0) is 18.8. The second-order valence-corrected chi connectivity index (χ2v) is 7.02. The Hall–Kier alpha value is -3.09. The zero-order valence-corrected chi connectivity index (χ0v) is 15.5. The molecule has 1 unspecified atom stereocenters. The lowest BCUT2D eigenvalue weighted by Crippen LogP contribution is -2.39. The first-order valence-electron chi connectivity index (χ1n) is 9.47. The van der Waals surface area contributed by atoms with E-state index in [1.165, 1.54) is 10.9 Å². The monoisotopic (exact) mass is 371 g/mol. The number of hydrogen-bond donors (Lipinski definition) is 1. The van der Waals surface area contributed by atoms with E-state index in [9.17, 15) is 0 Å². The van der Waals surface area contributed by atoms with Crippen LogP contribution in [0.15, 0.2) is 67.3 Å². The van der Waals surface area contributed by atoms with E-state index in [0.717, 1.165) is 42.3 Å². The summed E-state index contributed by atoms with van der Waals surface area (Å²) >= 11 is 0. The van der Waals surface area contributed by atoms with Gasteiger partial charge in [-0.2, -0.15) is 0 Å². The summed E-state index contributed by atoms with van der Waals surface area (Å²) in [6, 6.07) is 14.5. The zero-order valence-electron chi connectivity index (χ0n) is 15.5. The van der Waals surface area contributed by atoms with Crippen molar-refractivity contribution in [2.45, 2.75) is 12.6 Å². The number of para-hydroxylation sites is 1. The van der Waals surface area contributed by atoms with Gasteiger partial charge in [0.15, 0.2) is 0 Å². The molecule has 1 aliphatic heterocycles. The average Bonchev–Trinajstić information content (AvgIpc) is 3.25. The van der Waals surface area contributed by atoms with Crippen LogP contribution < -0.4 is 0 Å². The van der Waals surface area contributed by atoms with Crippen LogP contribution in [0, 0.1) is 0 Å². The van der Waals surface area contributed by atoms with Crippen LogP contribution in [-0.4, -0.2) is 44.6 Å². The van der Waals surface area contributed by atoms with E-state index < -0.39 is 0 Å². The van der Waals surface area contributed by atoms with Crippen molar-refractivity contribution in [1.29, 1.82) is 0 Å². The van der Waals surface area contributed by atoms with E-state index in [0.29, 0.717) is 6.61 Å². The molecule has 6 heteroatoms. The second-order valence-electron chi connectivity index (χ2n) is 7.02. The highest BCUT2D eigenvalue weighted by Crippen LogP contribution is 2.26. The minimum absolute atomic E-state index is 0.0933. The number of pyridine rings is 2. The Kier molecular flexibility index (Phi) is 4.56. The first-order chi connectivity index (χ1) is 13.9. The number of benzene rings is 1. The topological polar surface area (TPSA) is 66.9 Å². The lowest BCUT2D eigenvalue weighted by molar-refractivity contribution is -0.0156. The molecule has 3 aromatic heterocycles. The highest BCUT2D eigenvalue weighted by Gasteiger charge is 2.27. The SMILES string of the molecule is c1ccc2ncc(CN3CCOCC3c3ncc(-c4ccncc4)[nH]3)cc2c1. The third kappa shape index (κ3) is 3.40. The Morgan fingerprint density at radius 2 is 1.96 bits per heavy atom. The van der Waals surface area contributed by atoms with Gasteiger partial charge in [0.2, 0.25) is 0 Å². The molecule has 28 heavy (non-hydrogen) atoms. The van der Waals surface area contributed by atoms with E-state index >= 15 is 0 Å². The number of rotatable bonds is 4. The fourth-order valence-corrected chi connectivity index (χ4v) is 3.70. The number of imidazole rings is 1. The number of morpholine rings is 1. The van der Waals surface area contributed by atoms with Crippen LogP contribution in [0.4, 0.5) is 0 Å². The molecule has 1 atom stereocenters. The van der Waals surface area contributed by atoms with Crippen LogP contribution in [0.1, 0.15) is 17.4 Å². The third-order valence-electron chi connectivity index (χ3n) is 5.17. The van der Waals surface area contributed by atoms with Gasteiger partial charge in [-0.1, -0.05) is 18.2 Å². The van der Waals surface area contributed by atoms with E-state index in [-0.39, 0.29) is 6.04 Å². The molecular weight excluding hydrogens is 350 g/mol. The standard InChI is InChI=1S/C22H21N5O/c1-2-4-19-18(3-1)11-16(12-24-19)14-27-9-10-28-15-21(27)22-25-13-20(26-22)17-5-7-23-8-6-17/h1-8,11-13,21H,9-10,14-15H2,(H,25,26). The van der Waals surface area contributed by atoms with Gasteiger partial charge in [-0.25, -0.2) is 4.98 Å². The molecule has 1 aliphatic rings. The maximum absolute atomic E-state index is 5.76. The summed E-state index contributed by atoms with van der Waals surface area (Å²) < 4.78 is 5.76. The van der Waals surface area contributed by atoms with Gasteiger partial charge in [-0.3, -0.25) is 14.9 Å². The summed E-state index contributed by atoms with van der Waals surface area (Å²) in [5.74, 6) is 0.931. The van der Waals surface area contributed by atoms with Crippen molar-refractivity contribution < 1.29 is 4.74 Å². The number of nitrogens with zero attached hydrogens (tertiary/aromatic N) is 4. The van der Waals surface area contributed by atoms with Crippen LogP contribution in [0.25, 0.3) is 22.2 Å². The predicted molar refractivity (Wildman–Crippen MR) is 108 cm³/mol. The second kappa shape index (κ2) is 7.50. The minimum atomic E-state index is 0.0933. The number of ether oxygens (including phenoxy) is 1. The molecule has 0 aliphatic carbocycles. The molecule has 5 rings (SSSR count). The van der Waals surface area contributed by atoms with Crippen LogP contribution in [0.2, 0.25) is 0 Å². The van der Waals surface area contributed by atoms with Crippen LogP contribution in [-0.2, 0) is 11.3 Å². The lowest BCUT2D eigenvalue weighted by atomic mass is 10.1. The van der Waals surface area contributed by atoms with E-state index in [1.807, 2.05) is 36.7 Å². The molecule has 140 valence electrons. The summed E-state index contributed by atoms with van der Waals surface area (Å²) in [7, 11) is 0. The smallest absolute Gasteiger partial charge is 0.126 e. The lowest BCUT2D eigenvalue weighted by Gasteiger charge is -2.34. The van der Waals surface area contributed by atoms with E-state index in [1.54, 1.807) is 12.4 Å². The van der Waals surface area contributed by atoms with Gasteiger partial charge in [-0.05, 0) is 29.8 Å². The fraction of sp³-hybridized carbons (Fsp3) is 0.227. The Balaban J connectivity index is 1.39. The number of hydrogen-bond acceptors (Lipinski definition) is 5. The number of nitrogens with one attached hydrogen (secondary N) is 1. The van der Waals surface area contributed by atoms with Crippen molar-refractivity contribution >= 4 is 10.9 Å². The molecule has 6 nitrogen and oxygen atoms in total. The Morgan fingerprint density at radius 3 is 2.89 bits per heavy atom. The largest absolute Gasteiger partial charge is 0.378 e. The quantitative estimate of drug-likeness (QED) is 0.594. The molecule has 0 spiro atoms. The van der Waals surface area contributed by atoms with Gasteiger partial charge in [0.05, 0.1) is 36.7 Å². The van der Waals surface area contributed by atoms with Gasteiger partial charge in [0.1, 0.15) is 5.82 Å². The van der Waals surface area contributed by atoms with Gasteiger partial charge in [0, 0.05) is 42.6 Å². The first kappa shape index (κ1) is 17.0. The van der Waals surface area contributed by atoms with Crippen LogP contribution in [0.5, 0.6) is 0 Å². The van der Waals surface area contributed by atoms with Gasteiger partial charge >= 0.3 is 0 Å². The maximum atomic E-state index is 5.76. The van der Waals surface area contributed by atoms with E-state index in [4.69, 9.17) is 4.74 Å². The molecule has 0 radical (unpaired) electrons. The molecule has 1 fully saturated rings. The maximum Gasteiger partial charge on any atom is 0.126 e. The summed E-state index contributed by atoms with van der Waals surface area (Å²) in [6.45, 7) is 3.04. The normalized spacial score (nSPS) is 17.8. The van der Waals surface area contributed by atoms with Gasteiger partial charge < -0.3 is 9.72 Å². The Labute approximate surface area is 163 Å². The Morgan fingerprint density at radius 1 is 1.07 bits per heavy atom.